The molecule has 0 radical (unpaired) electrons. The summed E-state index contributed by atoms with van der Waals surface area (Å²) in [5.74, 6) is 0. The van der Waals surface area contributed by atoms with Gasteiger partial charge in [-0.25, -0.2) is 0 Å². The van der Waals surface area contributed by atoms with Gasteiger partial charge in [-0.3, -0.25) is 4.98 Å². The topological polar surface area (TPSA) is 37.6 Å². The zero-order valence-electron chi connectivity index (χ0n) is 12.4. The predicted octanol–water partition coefficient (Wildman–Crippen LogP) is 4.78. The van der Waals surface area contributed by atoms with E-state index in [1.807, 2.05) is 39.0 Å². The molecule has 0 saturated heterocycles. The first-order valence-corrected chi connectivity index (χ1v) is 6.57. The molecule has 2 aromatic rings. The average molecular weight is 265 g/mol. The van der Waals surface area contributed by atoms with Gasteiger partial charge in [-0.1, -0.05) is 18.7 Å². The van der Waals surface area contributed by atoms with Gasteiger partial charge in [-0.05, 0) is 55.7 Å². The second-order valence-corrected chi connectivity index (χ2v) is 4.87. The van der Waals surface area contributed by atoms with Crippen LogP contribution in [0.3, 0.4) is 0 Å². The quantitative estimate of drug-likeness (QED) is 0.736. The average Bonchev–Trinajstić information content (AvgIpc) is 2.40. The third-order valence-electron chi connectivity index (χ3n) is 3.30. The summed E-state index contributed by atoms with van der Waals surface area (Å²) in [6.45, 7) is 10.2. The Kier molecular flexibility index (Phi) is 4.08. The number of aromatic nitrogens is 1. The van der Waals surface area contributed by atoms with Crippen molar-refractivity contribution in [3.63, 3.8) is 0 Å². The summed E-state index contributed by atoms with van der Waals surface area (Å²) >= 11 is 0. The summed E-state index contributed by atoms with van der Waals surface area (Å²) in [7, 11) is 1.67. The van der Waals surface area contributed by atoms with E-state index in [4.69, 9.17) is 0 Å². The number of nitrogens with zero attached hydrogens (tertiary/aromatic N) is 3. The molecule has 0 bridgehead atoms. The van der Waals surface area contributed by atoms with E-state index in [-0.39, 0.29) is 0 Å². The highest BCUT2D eigenvalue weighted by Gasteiger charge is 2.08. The molecule has 0 N–H and O–H groups in total. The summed E-state index contributed by atoms with van der Waals surface area (Å²) in [5.41, 5.74) is 7.16. The van der Waals surface area contributed by atoms with E-state index in [2.05, 4.69) is 33.9 Å². The summed E-state index contributed by atoms with van der Waals surface area (Å²) in [6, 6.07) is 10.2. The van der Waals surface area contributed by atoms with Crippen molar-refractivity contribution in [3.8, 4) is 0 Å². The maximum Gasteiger partial charge on any atom is 0.0881 e. The molecule has 1 heterocycles. The molecule has 0 unspecified atom stereocenters. The molecule has 0 atom stereocenters. The first-order chi connectivity index (χ1) is 9.52. The summed E-state index contributed by atoms with van der Waals surface area (Å²) in [5, 5.41) is 7.91. The second kappa shape index (κ2) is 5.78. The van der Waals surface area contributed by atoms with Crippen molar-refractivity contribution in [3.05, 3.63) is 65.0 Å². The molecule has 1 aromatic carbocycles. The van der Waals surface area contributed by atoms with Crippen LogP contribution in [0.15, 0.2) is 47.1 Å². The second-order valence-electron chi connectivity index (χ2n) is 4.87. The number of aryl methyl sites for hydroxylation is 3. The largest absolute Gasteiger partial charge is 0.258 e. The molecule has 20 heavy (non-hydrogen) atoms. The van der Waals surface area contributed by atoms with Gasteiger partial charge in [0.2, 0.25) is 0 Å². The number of hydrogen-bond donors (Lipinski definition) is 0. The van der Waals surface area contributed by atoms with Crippen molar-refractivity contribution < 1.29 is 0 Å². The van der Waals surface area contributed by atoms with Crippen molar-refractivity contribution in [1.82, 2.24) is 4.98 Å². The number of hydrogen-bond acceptors (Lipinski definition) is 3. The Morgan fingerprint density at radius 1 is 1.10 bits per heavy atom. The van der Waals surface area contributed by atoms with Crippen molar-refractivity contribution >= 4 is 11.3 Å². The maximum absolute atomic E-state index is 4.50. The number of rotatable bonds is 3. The Morgan fingerprint density at radius 2 is 1.85 bits per heavy atom. The highest BCUT2D eigenvalue weighted by atomic mass is 15.1. The van der Waals surface area contributed by atoms with E-state index >= 15 is 0 Å². The van der Waals surface area contributed by atoms with E-state index < -0.39 is 0 Å². The van der Waals surface area contributed by atoms with E-state index in [1.54, 1.807) is 7.05 Å². The molecule has 2 rings (SSSR count). The van der Waals surface area contributed by atoms with Crippen molar-refractivity contribution in [2.45, 2.75) is 20.8 Å². The van der Waals surface area contributed by atoms with Gasteiger partial charge >= 0.3 is 0 Å². The standard InChI is InChI=1S/C17H19N3/c1-11-10-15(7-9-17(11)20-18-5)13(3)16-8-6-12(2)19-14(16)4/h6-10H,3H2,1-2,4-5H3. The fraction of sp³-hybridized carbons (Fsp3) is 0.235. The SMILES string of the molecule is C=C(c1ccc(N=NC)c(C)c1)c1ccc(C)nc1C. The molecule has 3 nitrogen and oxygen atoms in total. The van der Waals surface area contributed by atoms with Gasteiger partial charge in [0.05, 0.1) is 5.69 Å². The number of pyridine rings is 1. The molecule has 102 valence electrons. The van der Waals surface area contributed by atoms with Gasteiger partial charge < -0.3 is 0 Å². The molecule has 0 fully saturated rings. The van der Waals surface area contributed by atoms with Crippen LogP contribution in [-0.2, 0) is 0 Å². The molecule has 0 aliphatic carbocycles. The third-order valence-corrected chi connectivity index (χ3v) is 3.30. The Labute approximate surface area is 120 Å². The third kappa shape index (κ3) is 2.82. The molecule has 0 spiro atoms. The van der Waals surface area contributed by atoms with Crippen LogP contribution in [0.5, 0.6) is 0 Å². The van der Waals surface area contributed by atoms with Crippen LogP contribution < -0.4 is 0 Å². The van der Waals surface area contributed by atoms with Crippen LogP contribution >= 0.6 is 0 Å². The molecule has 0 aliphatic heterocycles. The zero-order valence-corrected chi connectivity index (χ0v) is 12.4. The van der Waals surface area contributed by atoms with Crippen molar-refractivity contribution in [2.24, 2.45) is 10.2 Å². The van der Waals surface area contributed by atoms with E-state index in [9.17, 15) is 0 Å². The van der Waals surface area contributed by atoms with Crippen LogP contribution in [0, 0.1) is 20.8 Å². The highest BCUT2D eigenvalue weighted by Crippen LogP contribution is 2.28. The molecule has 3 heteroatoms. The minimum Gasteiger partial charge on any atom is -0.258 e. The normalized spacial score (nSPS) is 11.0. The molecule has 0 amide bonds. The zero-order chi connectivity index (χ0) is 14.7. The maximum atomic E-state index is 4.50. The van der Waals surface area contributed by atoms with E-state index in [1.165, 1.54) is 0 Å². The minimum atomic E-state index is 0.891. The van der Waals surface area contributed by atoms with Crippen LogP contribution in [0.4, 0.5) is 5.69 Å². The monoisotopic (exact) mass is 265 g/mol. The van der Waals surface area contributed by atoms with Gasteiger partial charge in [0.15, 0.2) is 0 Å². The van der Waals surface area contributed by atoms with Crippen LogP contribution in [0.1, 0.15) is 28.1 Å². The fourth-order valence-electron chi connectivity index (χ4n) is 2.22. The molecular formula is C17H19N3. The first-order valence-electron chi connectivity index (χ1n) is 6.57. The summed E-state index contributed by atoms with van der Waals surface area (Å²) < 4.78 is 0. The lowest BCUT2D eigenvalue weighted by atomic mass is 9.96. The molecule has 1 aromatic heterocycles. The smallest absolute Gasteiger partial charge is 0.0881 e. The molecular weight excluding hydrogens is 246 g/mol. The van der Waals surface area contributed by atoms with Crippen LogP contribution in [0.25, 0.3) is 5.57 Å². The summed E-state index contributed by atoms with van der Waals surface area (Å²) in [4.78, 5) is 4.50. The first kappa shape index (κ1) is 14.1. The van der Waals surface area contributed by atoms with E-state index in [0.29, 0.717) is 0 Å². The Hall–Kier alpha value is -2.29. The number of benzene rings is 1. The van der Waals surface area contributed by atoms with Gasteiger partial charge in [0, 0.05) is 24.0 Å². The predicted molar refractivity (Wildman–Crippen MR) is 83.5 cm³/mol. The van der Waals surface area contributed by atoms with Crippen LogP contribution in [-0.4, -0.2) is 12.0 Å². The molecule has 0 saturated carbocycles. The van der Waals surface area contributed by atoms with Gasteiger partial charge in [0.25, 0.3) is 0 Å². The molecule has 0 aliphatic rings. The van der Waals surface area contributed by atoms with Crippen molar-refractivity contribution in [1.29, 1.82) is 0 Å². The van der Waals surface area contributed by atoms with Gasteiger partial charge in [0.1, 0.15) is 0 Å². The fourth-order valence-corrected chi connectivity index (χ4v) is 2.22. The number of azo groups is 1. The Balaban J connectivity index is 2.41. The minimum absolute atomic E-state index is 0.891. The van der Waals surface area contributed by atoms with Crippen molar-refractivity contribution in [2.75, 3.05) is 7.05 Å². The summed E-state index contributed by atoms with van der Waals surface area (Å²) in [6.07, 6.45) is 0. The van der Waals surface area contributed by atoms with E-state index in [0.717, 1.165) is 39.3 Å². The Morgan fingerprint density at radius 3 is 2.45 bits per heavy atom. The Bertz CT molecular complexity index is 685. The highest BCUT2D eigenvalue weighted by molar-refractivity contribution is 5.80. The van der Waals surface area contributed by atoms with Crippen LogP contribution in [0.2, 0.25) is 0 Å². The lowest BCUT2D eigenvalue weighted by Gasteiger charge is -2.11. The van der Waals surface area contributed by atoms with Gasteiger partial charge in [-0.2, -0.15) is 10.2 Å². The lowest BCUT2D eigenvalue weighted by Crippen LogP contribution is -1.95. The van der Waals surface area contributed by atoms with Gasteiger partial charge in [-0.15, -0.1) is 0 Å². The lowest BCUT2D eigenvalue weighted by molar-refractivity contribution is 1.11.